The van der Waals surface area contributed by atoms with Crippen molar-refractivity contribution in [3.05, 3.63) is 106 Å². The first-order valence-electron chi connectivity index (χ1n) is 8.88. The van der Waals surface area contributed by atoms with Crippen LogP contribution in [0, 0.1) is 10.1 Å². The summed E-state index contributed by atoms with van der Waals surface area (Å²) in [5.41, 5.74) is 1.92. The van der Waals surface area contributed by atoms with Crippen molar-refractivity contribution in [2.24, 2.45) is 0 Å². The lowest BCUT2D eigenvalue weighted by Crippen LogP contribution is -1.98. The third-order valence-corrected chi connectivity index (χ3v) is 4.19. The van der Waals surface area contributed by atoms with E-state index in [1.807, 2.05) is 30.3 Å². The Morgan fingerprint density at radius 2 is 1.79 bits per heavy atom. The molecule has 3 aromatic rings. The summed E-state index contributed by atoms with van der Waals surface area (Å²) in [7, 11) is 1.55. The number of nitro groups is 1. The number of carbonyl (C=O) groups excluding carboxylic acids is 1. The van der Waals surface area contributed by atoms with E-state index in [9.17, 15) is 14.9 Å². The zero-order chi connectivity index (χ0) is 20.6. The molecule has 0 radical (unpaired) electrons. The molecule has 6 nitrogen and oxygen atoms in total. The van der Waals surface area contributed by atoms with Gasteiger partial charge in [-0.25, -0.2) is 0 Å². The molecule has 0 atom stereocenters. The molecule has 3 rings (SSSR count). The molecule has 3 aromatic carbocycles. The van der Waals surface area contributed by atoms with Crippen molar-refractivity contribution in [3.63, 3.8) is 0 Å². The van der Waals surface area contributed by atoms with Crippen LogP contribution in [0.2, 0.25) is 0 Å². The lowest BCUT2D eigenvalue weighted by atomic mass is 10.1. The summed E-state index contributed by atoms with van der Waals surface area (Å²) in [4.78, 5) is 22.6. The third kappa shape index (κ3) is 5.29. The second-order valence-electron chi connectivity index (χ2n) is 6.19. The van der Waals surface area contributed by atoms with Crippen molar-refractivity contribution in [1.82, 2.24) is 0 Å². The number of non-ortho nitro benzene ring substituents is 1. The fraction of sp³-hybridized carbons (Fsp3) is 0.0870. The van der Waals surface area contributed by atoms with Gasteiger partial charge in [-0.15, -0.1) is 0 Å². The SMILES string of the molecule is COc1cc(/C=C/C(=O)c2cccc([N+](=O)[O-])c2)ccc1OCc1ccccc1. The van der Waals surface area contributed by atoms with Gasteiger partial charge in [-0.1, -0.05) is 54.6 Å². The van der Waals surface area contributed by atoms with Gasteiger partial charge in [0.25, 0.3) is 5.69 Å². The number of benzene rings is 3. The van der Waals surface area contributed by atoms with Crippen molar-refractivity contribution in [2.75, 3.05) is 7.11 Å². The number of hydrogen-bond acceptors (Lipinski definition) is 5. The Hall–Kier alpha value is -3.93. The highest BCUT2D eigenvalue weighted by Gasteiger charge is 2.10. The molecule has 0 spiro atoms. The molecule has 0 saturated heterocycles. The standard InChI is InChI=1S/C23H19NO5/c1-28-23-14-17(11-13-22(23)29-16-18-6-3-2-4-7-18)10-12-21(25)19-8-5-9-20(15-19)24(26)27/h2-15H,16H2,1H3/b12-10+. The number of nitrogens with zero attached hydrogens (tertiary/aromatic N) is 1. The fourth-order valence-corrected chi connectivity index (χ4v) is 2.68. The summed E-state index contributed by atoms with van der Waals surface area (Å²) in [5.74, 6) is 0.821. The van der Waals surface area contributed by atoms with Crippen LogP contribution in [-0.4, -0.2) is 17.8 Å². The molecule has 146 valence electrons. The largest absolute Gasteiger partial charge is 0.493 e. The van der Waals surface area contributed by atoms with Crippen LogP contribution in [0.4, 0.5) is 5.69 Å². The van der Waals surface area contributed by atoms with Crippen LogP contribution in [0.1, 0.15) is 21.5 Å². The van der Waals surface area contributed by atoms with Gasteiger partial charge in [-0.05, 0) is 29.3 Å². The topological polar surface area (TPSA) is 78.7 Å². The van der Waals surface area contributed by atoms with Gasteiger partial charge in [0.05, 0.1) is 12.0 Å². The Morgan fingerprint density at radius 1 is 1.00 bits per heavy atom. The van der Waals surface area contributed by atoms with E-state index in [0.29, 0.717) is 18.1 Å². The van der Waals surface area contributed by atoms with Crippen LogP contribution < -0.4 is 9.47 Å². The average molecular weight is 389 g/mol. The molecule has 0 amide bonds. The maximum atomic E-state index is 12.3. The first kappa shape index (κ1) is 19.8. The Bertz CT molecular complexity index is 1040. The Morgan fingerprint density at radius 3 is 2.52 bits per heavy atom. The highest BCUT2D eigenvalue weighted by atomic mass is 16.6. The highest BCUT2D eigenvalue weighted by Crippen LogP contribution is 2.29. The molecular weight excluding hydrogens is 370 g/mol. The zero-order valence-corrected chi connectivity index (χ0v) is 15.8. The van der Waals surface area contributed by atoms with Crippen molar-refractivity contribution in [1.29, 1.82) is 0 Å². The van der Waals surface area contributed by atoms with Crippen LogP contribution in [0.25, 0.3) is 6.08 Å². The molecule has 0 aliphatic rings. The normalized spacial score (nSPS) is 10.7. The minimum Gasteiger partial charge on any atom is -0.493 e. The van der Waals surface area contributed by atoms with E-state index in [1.54, 1.807) is 37.5 Å². The first-order valence-corrected chi connectivity index (χ1v) is 8.88. The summed E-state index contributed by atoms with van der Waals surface area (Å²) < 4.78 is 11.2. The molecule has 0 aliphatic heterocycles. The smallest absolute Gasteiger partial charge is 0.270 e. The summed E-state index contributed by atoms with van der Waals surface area (Å²) >= 11 is 0. The number of allylic oxidation sites excluding steroid dienone is 1. The van der Waals surface area contributed by atoms with Gasteiger partial charge in [0.2, 0.25) is 0 Å². The molecule has 0 aromatic heterocycles. The minimum atomic E-state index is -0.528. The molecule has 0 heterocycles. The second kappa shape index (κ2) is 9.32. The van der Waals surface area contributed by atoms with Crippen LogP contribution in [0.5, 0.6) is 11.5 Å². The first-order chi connectivity index (χ1) is 14.1. The van der Waals surface area contributed by atoms with E-state index in [4.69, 9.17) is 9.47 Å². The van der Waals surface area contributed by atoms with Gasteiger partial charge in [0.1, 0.15) is 6.61 Å². The molecule has 0 saturated carbocycles. The van der Waals surface area contributed by atoms with Gasteiger partial charge in [-0.2, -0.15) is 0 Å². The number of ketones is 1. The van der Waals surface area contributed by atoms with E-state index < -0.39 is 4.92 Å². The highest BCUT2D eigenvalue weighted by molar-refractivity contribution is 6.07. The van der Waals surface area contributed by atoms with Crippen LogP contribution >= 0.6 is 0 Å². The molecular formula is C23H19NO5. The van der Waals surface area contributed by atoms with Crippen molar-refractivity contribution >= 4 is 17.5 Å². The van der Waals surface area contributed by atoms with Gasteiger partial charge >= 0.3 is 0 Å². The number of nitro benzene ring substituents is 1. The predicted octanol–water partition coefficient (Wildman–Crippen LogP) is 5.08. The maximum absolute atomic E-state index is 12.3. The van der Waals surface area contributed by atoms with Crippen LogP contribution in [-0.2, 0) is 6.61 Å². The molecule has 0 N–H and O–H groups in total. The minimum absolute atomic E-state index is 0.120. The number of carbonyl (C=O) groups is 1. The Labute approximate surface area is 168 Å². The van der Waals surface area contributed by atoms with Crippen LogP contribution in [0.3, 0.4) is 0 Å². The van der Waals surface area contributed by atoms with Crippen molar-refractivity contribution in [2.45, 2.75) is 6.61 Å². The van der Waals surface area contributed by atoms with Gasteiger partial charge in [0.15, 0.2) is 17.3 Å². The molecule has 0 fully saturated rings. The lowest BCUT2D eigenvalue weighted by Gasteiger charge is -2.11. The summed E-state index contributed by atoms with van der Waals surface area (Å²) in [6.45, 7) is 0.414. The third-order valence-electron chi connectivity index (χ3n) is 4.19. The lowest BCUT2D eigenvalue weighted by molar-refractivity contribution is -0.384. The average Bonchev–Trinajstić information content (AvgIpc) is 2.77. The zero-order valence-electron chi connectivity index (χ0n) is 15.8. The van der Waals surface area contributed by atoms with Crippen LogP contribution in [0.15, 0.2) is 78.9 Å². The molecule has 0 unspecified atom stereocenters. The second-order valence-corrected chi connectivity index (χ2v) is 6.19. The number of methoxy groups -OCH3 is 1. The maximum Gasteiger partial charge on any atom is 0.270 e. The summed E-state index contributed by atoms with van der Waals surface area (Å²) in [6, 6.07) is 20.8. The van der Waals surface area contributed by atoms with Gasteiger partial charge in [-0.3, -0.25) is 14.9 Å². The molecule has 29 heavy (non-hydrogen) atoms. The number of rotatable bonds is 8. The summed E-state index contributed by atoms with van der Waals surface area (Å²) in [6.07, 6.45) is 3.00. The van der Waals surface area contributed by atoms with Gasteiger partial charge in [0, 0.05) is 17.7 Å². The molecule has 6 heteroatoms. The Kier molecular flexibility index (Phi) is 6.37. The van der Waals surface area contributed by atoms with E-state index >= 15 is 0 Å². The predicted molar refractivity (Wildman–Crippen MR) is 110 cm³/mol. The van der Waals surface area contributed by atoms with E-state index in [2.05, 4.69) is 0 Å². The monoisotopic (exact) mass is 389 g/mol. The van der Waals surface area contributed by atoms with E-state index in [0.717, 1.165) is 11.1 Å². The fourth-order valence-electron chi connectivity index (χ4n) is 2.68. The number of ether oxygens (including phenoxy) is 2. The Balaban J connectivity index is 1.71. The van der Waals surface area contributed by atoms with Gasteiger partial charge < -0.3 is 9.47 Å². The van der Waals surface area contributed by atoms with E-state index in [-0.39, 0.29) is 17.0 Å². The molecule has 0 aliphatic carbocycles. The summed E-state index contributed by atoms with van der Waals surface area (Å²) in [5, 5.41) is 10.9. The van der Waals surface area contributed by atoms with Crippen molar-refractivity contribution < 1.29 is 19.2 Å². The molecule has 0 bridgehead atoms. The number of hydrogen-bond donors (Lipinski definition) is 0. The quantitative estimate of drug-likeness (QED) is 0.232. The van der Waals surface area contributed by atoms with Crippen molar-refractivity contribution in [3.8, 4) is 11.5 Å². The van der Waals surface area contributed by atoms with E-state index in [1.165, 1.54) is 24.3 Å².